The maximum Gasteiger partial charge on any atom is 0.188 e. The maximum absolute atomic E-state index is 14.1. The van der Waals surface area contributed by atoms with Crippen LogP contribution in [0, 0.1) is 5.82 Å². The van der Waals surface area contributed by atoms with E-state index >= 15 is 0 Å². The van der Waals surface area contributed by atoms with Crippen LogP contribution in [0.3, 0.4) is 0 Å². The third-order valence-electron chi connectivity index (χ3n) is 4.55. The summed E-state index contributed by atoms with van der Waals surface area (Å²) in [6.07, 6.45) is 2.62. The topological polar surface area (TPSA) is 58.3 Å². The monoisotopic (exact) mass is 340 g/mol. The fraction of sp³-hybridized carbons (Fsp3) is 0.389. The van der Waals surface area contributed by atoms with Gasteiger partial charge in [-0.1, -0.05) is 19.1 Å². The van der Waals surface area contributed by atoms with Gasteiger partial charge in [-0.25, -0.2) is 4.39 Å². The van der Waals surface area contributed by atoms with Gasteiger partial charge in [0.2, 0.25) is 0 Å². The van der Waals surface area contributed by atoms with E-state index in [2.05, 4.69) is 32.4 Å². The second kappa shape index (κ2) is 6.76. The second-order valence-electron chi connectivity index (χ2n) is 6.28. The highest BCUT2D eigenvalue weighted by Gasteiger charge is 2.27. The van der Waals surface area contributed by atoms with Gasteiger partial charge in [-0.2, -0.15) is 4.52 Å². The predicted molar refractivity (Wildman–Crippen MR) is 94.9 cm³/mol. The zero-order valence-electron chi connectivity index (χ0n) is 14.2. The summed E-state index contributed by atoms with van der Waals surface area (Å²) in [7, 11) is 0. The van der Waals surface area contributed by atoms with E-state index in [0.717, 1.165) is 31.5 Å². The molecule has 25 heavy (non-hydrogen) atoms. The largest absolute Gasteiger partial charge is 0.367 e. The van der Waals surface area contributed by atoms with Crippen molar-refractivity contribution in [3.63, 3.8) is 0 Å². The SMILES string of the molecule is CCN(CCNc1ccc2nnc(-c3ccccc3F)n2n1)C1CC1. The zero-order valence-corrected chi connectivity index (χ0v) is 14.2. The van der Waals surface area contributed by atoms with Crippen molar-refractivity contribution in [3.8, 4) is 11.4 Å². The summed E-state index contributed by atoms with van der Waals surface area (Å²) in [6.45, 7) is 5.07. The predicted octanol–water partition coefficient (Wildman–Crippen LogP) is 2.83. The molecule has 0 radical (unpaired) electrons. The van der Waals surface area contributed by atoms with E-state index in [4.69, 9.17) is 0 Å². The quantitative estimate of drug-likeness (QED) is 0.717. The summed E-state index contributed by atoms with van der Waals surface area (Å²) in [6, 6.07) is 11.0. The van der Waals surface area contributed by atoms with Crippen LogP contribution in [0.15, 0.2) is 36.4 Å². The van der Waals surface area contributed by atoms with E-state index < -0.39 is 0 Å². The van der Waals surface area contributed by atoms with Crippen molar-refractivity contribution in [3.05, 3.63) is 42.2 Å². The van der Waals surface area contributed by atoms with Crippen LogP contribution < -0.4 is 5.32 Å². The highest BCUT2D eigenvalue weighted by atomic mass is 19.1. The Morgan fingerprint density at radius 2 is 2.04 bits per heavy atom. The summed E-state index contributed by atoms with van der Waals surface area (Å²) >= 11 is 0. The standard InChI is InChI=1S/C18H21FN6/c1-2-24(13-7-8-13)12-11-20-16-9-10-17-21-22-18(25(17)23-16)14-5-3-4-6-15(14)19/h3-6,9-10,13H,2,7-8,11-12H2,1H3,(H,20,23). The number of nitrogens with zero attached hydrogens (tertiary/aromatic N) is 5. The Morgan fingerprint density at radius 3 is 2.80 bits per heavy atom. The van der Waals surface area contributed by atoms with Gasteiger partial charge in [0.1, 0.15) is 11.6 Å². The van der Waals surface area contributed by atoms with E-state index in [-0.39, 0.29) is 5.82 Å². The molecule has 2 heterocycles. The van der Waals surface area contributed by atoms with E-state index in [1.54, 1.807) is 22.7 Å². The highest BCUT2D eigenvalue weighted by molar-refractivity contribution is 5.60. The lowest BCUT2D eigenvalue weighted by Gasteiger charge is -2.19. The van der Waals surface area contributed by atoms with Crippen LogP contribution in [0.4, 0.5) is 10.2 Å². The molecule has 1 N–H and O–H groups in total. The Hall–Kier alpha value is -2.54. The first-order valence-electron chi connectivity index (χ1n) is 8.71. The summed E-state index contributed by atoms with van der Waals surface area (Å²) in [5, 5.41) is 16.0. The zero-order chi connectivity index (χ0) is 17.2. The third-order valence-corrected chi connectivity index (χ3v) is 4.55. The van der Waals surface area contributed by atoms with Gasteiger partial charge in [0.15, 0.2) is 11.5 Å². The smallest absolute Gasteiger partial charge is 0.188 e. The van der Waals surface area contributed by atoms with E-state index in [0.29, 0.717) is 17.0 Å². The van der Waals surface area contributed by atoms with Crippen LogP contribution in [-0.4, -0.2) is 50.4 Å². The average Bonchev–Trinajstić information content (AvgIpc) is 3.39. The average molecular weight is 340 g/mol. The molecular weight excluding hydrogens is 319 g/mol. The molecular formula is C18H21FN6. The van der Waals surface area contributed by atoms with Gasteiger partial charge in [0, 0.05) is 19.1 Å². The van der Waals surface area contributed by atoms with E-state index in [1.807, 2.05) is 12.1 Å². The molecule has 1 aliphatic carbocycles. The number of rotatable bonds is 7. The highest BCUT2D eigenvalue weighted by Crippen LogP contribution is 2.26. The van der Waals surface area contributed by atoms with Gasteiger partial charge in [0.05, 0.1) is 5.56 Å². The molecule has 7 heteroatoms. The molecule has 0 bridgehead atoms. The molecule has 0 saturated heterocycles. The van der Waals surface area contributed by atoms with Gasteiger partial charge >= 0.3 is 0 Å². The number of nitrogens with one attached hydrogen (secondary N) is 1. The lowest BCUT2D eigenvalue weighted by Crippen LogP contribution is -2.31. The first-order chi connectivity index (χ1) is 12.3. The normalized spacial score (nSPS) is 14.4. The molecule has 130 valence electrons. The van der Waals surface area contributed by atoms with Gasteiger partial charge in [0.25, 0.3) is 0 Å². The summed E-state index contributed by atoms with van der Waals surface area (Å²) in [5.74, 6) is 0.807. The molecule has 0 unspecified atom stereocenters. The number of hydrogen-bond acceptors (Lipinski definition) is 5. The van der Waals surface area contributed by atoms with Gasteiger partial charge in [-0.3, -0.25) is 4.90 Å². The molecule has 6 nitrogen and oxygen atoms in total. The van der Waals surface area contributed by atoms with Crippen molar-refractivity contribution >= 4 is 11.5 Å². The van der Waals surface area contributed by atoms with Crippen LogP contribution in [0.5, 0.6) is 0 Å². The molecule has 0 amide bonds. The summed E-state index contributed by atoms with van der Waals surface area (Å²) in [4.78, 5) is 2.48. The summed E-state index contributed by atoms with van der Waals surface area (Å²) < 4.78 is 15.6. The number of halogens is 1. The molecule has 3 aromatic rings. The molecule has 0 aliphatic heterocycles. The lowest BCUT2D eigenvalue weighted by molar-refractivity contribution is 0.289. The van der Waals surface area contributed by atoms with Crippen molar-refractivity contribution in [2.75, 3.05) is 25.0 Å². The van der Waals surface area contributed by atoms with Crippen LogP contribution in [0.25, 0.3) is 17.0 Å². The number of benzene rings is 1. The van der Waals surface area contributed by atoms with E-state index in [1.165, 1.54) is 18.9 Å². The molecule has 0 spiro atoms. The van der Waals surface area contributed by atoms with Crippen LogP contribution in [0.2, 0.25) is 0 Å². The first kappa shape index (κ1) is 16.0. The van der Waals surface area contributed by atoms with Crippen molar-refractivity contribution in [1.29, 1.82) is 0 Å². The van der Waals surface area contributed by atoms with Crippen LogP contribution in [-0.2, 0) is 0 Å². The fourth-order valence-electron chi connectivity index (χ4n) is 3.06. The molecule has 1 fully saturated rings. The summed E-state index contributed by atoms with van der Waals surface area (Å²) in [5.41, 5.74) is 0.988. The molecule has 0 atom stereocenters. The van der Waals surface area contributed by atoms with Crippen molar-refractivity contribution in [2.45, 2.75) is 25.8 Å². The van der Waals surface area contributed by atoms with Crippen molar-refractivity contribution in [2.24, 2.45) is 0 Å². The second-order valence-corrected chi connectivity index (χ2v) is 6.28. The van der Waals surface area contributed by atoms with Crippen LogP contribution in [0.1, 0.15) is 19.8 Å². The Labute approximate surface area is 145 Å². The minimum atomic E-state index is -0.333. The van der Waals surface area contributed by atoms with Crippen molar-refractivity contribution in [1.82, 2.24) is 24.7 Å². The molecule has 1 aliphatic rings. The maximum atomic E-state index is 14.1. The number of likely N-dealkylation sites (N-methyl/N-ethyl adjacent to an activating group) is 1. The van der Waals surface area contributed by atoms with Crippen molar-refractivity contribution < 1.29 is 4.39 Å². The van der Waals surface area contributed by atoms with Gasteiger partial charge in [-0.15, -0.1) is 15.3 Å². The molecule has 2 aromatic heterocycles. The Kier molecular flexibility index (Phi) is 4.31. The Morgan fingerprint density at radius 1 is 1.20 bits per heavy atom. The minimum Gasteiger partial charge on any atom is -0.367 e. The number of aromatic nitrogens is 4. The molecule has 1 saturated carbocycles. The Bertz CT molecular complexity index is 873. The number of fused-ring (bicyclic) bond motifs is 1. The first-order valence-corrected chi connectivity index (χ1v) is 8.71. The number of anilines is 1. The minimum absolute atomic E-state index is 0.333. The van der Waals surface area contributed by atoms with Gasteiger partial charge < -0.3 is 5.32 Å². The third kappa shape index (κ3) is 3.32. The lowest BCUT2D eigenvalue weighted by atomic mass is 10.2. The van der Waals surface area contributed by atoms with E-state index in [9.17, 15) is 4.39 Å². The fourth-order valence-corrected chi connectivity index (χ4v) is 3.06. The van der Waals surface area contributed by atoms with Gasteiger partial charge in [-0.05, 0) is 43.7 Å². The molecule has 1 aromatic carbocycles. The Balaban J connectivity index is 1.53. The number of hydrogen-bond donors (Lipinski definition) is 1. The molecule has 4 rings (SSSR count). The van der Waals surface area contributed by atoms with Crippen LogP contribution >= 0.6 is 0 Å².